The quantitative estimate of drug-likeness (QED) is 0.119. The van der Waals surface area contributed by atoms with E-state index in [4.69, 9.17) is 9.47 Å². The zero-order chi connectivity index (χ0) is 28.7. The zero-order valence-electron chi connectivity index (χ0n) is 22.6. The second-order valence-corrected chi connectivity index (χ2v) is 7.56. The molecular formula is C28H26F2N6NiO6. The predicted octanol–water partition coefficient (Wildman–Crippen LogP) is 1.09. The minimum absolute atomic E-state index is 0. The molecule has 0 bridgehead atoms. The Balaban J connectivity index is 0.000000767. The van der Waals surface area contributed by atoms with E-state index in [1.807, 2.05) is 0 Å². The van der Waals surface area contributed by atoms with Crippen molar-refractivity contribution in [1.82, 2.24) is 9.97 Å². The second kappa shape index (κ2) is 19.9. The largest absolute Gasteiger partial charge is 2.00 e. The Kier molecular flexibility index (Phi) is 17.5. The number of pyridine rings is 2. The molecule has 0 fully saturated rings. The van der Waals surface area contributed by atoms with Gasteiger partial charge in [0.05, 0.1) is 26.6 Å². The van der Waals surface area contributed by atoms with Crippen molar-refractivity contribution in [2.75, 3.05) is 14.2 Å². The minimum Gasteiger partial charge on any atom is -0.857 e. The number of nitrogens with zero attached hydrogens (tertiary/aromatic N) is 6. The summed E-state index contributed by atoms with van der Waals surface area (Å²) in [5.74, 6) is -1.69. The van der Waals surface area contributed by atoms with Crippen LogP contribution in [0.15, 0.2) is 106 Å². The molecular weight excluding hydrogens is 613 g/mol. The molecule has 0 aliphatic heterocycles. The Bertz CT molecular complexity index is 1410. The van der Waals surface area contributed by atoms with E-state index in [2.05, 4.69) is 30.4 Å². The molecule has 12 nitrogen and oxygen atoms in total. The van der Waals surface area contributed by atoms with Gasteiger partial charge in [-0.25, -0.2) is 8.78 Å². The van der Waals surface area contributed by atoms with Crippen molar-refractivity contribution < 1.29 is 55.9 Å². The molecule has 2 aromatic heterocycles. The molecule has 0 atom stereocenters. The Hall–Kier alpha value is -5.11. The van der Waals surface area contributed by atoms with Gasteiger partial charge in [-0.2, -0.15) is 20.4 Å². The number of ether oxygens (including phenoxy) is 2. The van der Waals surface area contributed by atoms with Crippen LogP contribution in [-0.2, 0) is 16.5 Å². The monoisotopic (exact) mass is 638 g/mol. The molecule has 0 amide bonds. The van der Waals surface area contributed by atoms with Crippen molar-refractivity contribution in [2.24, 2.45) is 20.4 Å². The number of halogens is 2. The average molecular weight is 639 g/mol. The molecule has 15 heteroatoms. The number of hydrogen-bond donors (Lipinski definition) is 0. The van der Waals surface area contributed by atoms with Gasteiger partial charge in [0.1, 0.15) is 0 Å². The zero-order valence-corrected chi connectivity index (χ0v) is 23.6. The third-order valence-corrected chi connectivity index (χ3v) is 4.92. The fraction of sp³-hybridized carbons (Fsp3) is 0.0714. The third kappa shape index (κ3) is 12.1. The van der Waals surface area contributed by atoms with Gasteiger partial charge in [-0.15, -0.1) is 0 Å². The summed E-state index contributed by atoms with van der Waals surface area (Å²) in [6.45, 7) is 0. The van der Waals surface area contributed by atoms with E-state index < -0.39 is 23.4 Å². The van der Waals surface area contributed by atoms with Gasteiger partial charge >= 0.3 is 16.5 Å². The number of benzene rings is 2. The van der Waals surface area contributed by atoms with E-state index in [9.17, 15) is 19.0 Å². The summed E-state index contributed by atoms with van der Waals surface area (Å²) < 4.78 is 36.4. The fourth-order valence-electron chi connectivity index (χ4n) is 2.93. The molecule has 0 spiro atoms. The van der Waals surface area contributed by atoms with Gasteiger partial charge in [0.2, 0.25) is 0 Å². The standard InChI is InChI=1S/2C14H12FN3O2.Ni.2H2O/c2*1-20-13-3-2-10(8-12(13)15)9-17-18-14(19)11-4-6-16-7-5-11;;;/h2*2-9H,1H3,(H,18,19);;2*1H2/q;;+2;;/p-2/b2*17-9+;;;. The summed E-state index contributed by atoms with van der Waals surface area (Å²) in [6.07, 6.45) is 8.55. The molecule has 2 aromatic carbocycles. The van der Waals surface area contributed by atoms with Crippen LogP contribution < -0.4 is 19.7 Å². The van der Waals surface area contributed by atoms with E-state index in [0.29, 0.717) is 22.3 Å². The topological polar surface area (TPSA) is 203 Å². The molecule has 228 valence electrons. The van der Waals surface area contributed by atoms with Crippen LogP contribution in [0.1, 0.15) is 22.3 Å². The number of aromatic nitrogens is 2. The Morgan fingerprint density at radius 3 is 1.30 bits per heavy atom. The van der Waals surface area contributed by atoms with Gasteiger partial charge in [0, 0.05) is 36.6 Å². The Morgan fingerprint density at radius 2 is 1.00 bits per heavy atom. The Labute approximate surface area is 255 Å². The van der Waals surface area contributed by atoms with Crippen molar-refractivity contribution in [1.29, 1.82) is 0 Å². The molecule has 4 rings (SSSR count). The van der Waals surface area contributed by atoms with Crippen molar-refractivity contribution in [3.8, 4) is 11.5 Å². The van der Waals surface area contributed by atoms with Gasteiger partial charge in [-0.3, -0.25) is 9.97 Å². The van der Waals surface area contributed by atoms with Gasteiger partial charge in [0.15, 0.2) is 23.1 Å². The summed E-state index contributed by atoms with van der Waals surface area (Å²) in [5.41, 5.74) is 1.74. The van der Waals surface area contributed by atoms with Gasteiger partial charge in [0.25, 0.3) is 0 Å². The van der Waals surface area contributed by atoms with E-state index in [-0.39, 0.29) is 38.9 Å². The molecule has 0 aliphatic rings. The molecule has 0 saturated heterocycles. The first-order valence-electron chi connectivity index (χ1n) is 11.4. The molecule has 2 heterocycles. The van der Waals surface area contributed by atoms with Gasteiger partial charge in [-0.1, -0.05) is 0 Å². The molecule has 43 heavy (non-hydrogen) atoms. The van der Waals surface area contributed by atoms with Crippen LogP contribution in [0.5, 0.6) is 11.5 Å². The van der Waals surface area contributed by atoms with Crippen molar-refractivity contribution in [3.05, 3.63) is 119 Å². The summed E-state index contributed by atoms with van der Waals surface area (Å²) in [7, 11) is 2.77. The van der Waals surface area contributed by atoms with Crippen LogP contribution in [-0.4, -0.2) is 59.4 Å². The number of hydrogen-bond acceptors (Lipinski definition) is 10. The Morgan fingerprint density at radius 1 is 0.651 bits per heavy atom. The molecule has 0 aliphatic carbocycles. The molecule has 0 saturated carbocycles. The second-order valence-electron chi connectivity index (χ2n) is 7.56. The maximum Gasteiger partial charge on any atom is 2.00 e. The van der Waals surface area contributed by atoms with Crippen molar-refractivity contribution in [2.45, 2.75) is 0 Å². The molecule has 0 radical (unpaired) electrons. The first-order valence-corrected chi connectivity index (χ1v) is 11.4. The van der Waals surface area contributed by atoms with Crippen LogP contribution in [0.4, 0.5) is 8.78 Å². The summed E-state index contributed by atoms with van der Waals surface area (Å²) >= 11 is 0. The van der Waals surface area contributed by atoms with E-state index >= 15 is 0 Å². The van der Waals surface area contributed by atoms with Gasteiger partial charge < -0.3 is 30.6 Å². The predicted molar refractivity (Wildman–Crippen MR) is 150 cm³/mol. The average Bonchev–Trinajstić information content (AvgIpc) is 2.98. The maximum atomic E-state index is 13.4. The van der Waals surface area contributed by atoms with E-state index in [0.717, 1.165) is 0 Å². The van der Waals surface area contributed by atoms with Crippen molar-refractivity contribution in [3.63, 3.8) is 0 Å². The maximum absolute atomic E-state index is 13.4. The summed E-state index contributed by atoms with van der Waals surface area (Å²) in [6, 6.07) is 14.8. The van der Waals surface area contributed by atoms with Gasteiger partial charge in [-0.05, 0) is 82.9 Å². The number of rotatable bonds is 8. The summed E-state index contributed by atoms with van der Waals surface area (Å²) in [5, 5.41) is 37.5. The minimum atomic E-state index is -0.503. The SMILES string of the molecule is COc1ccc(/C=N/N=C(\[O-])c2ccncc2)cc1F.COc1ccc(/C=N/N=C(\[O-])c2ccncc2)cc1F.O.O.[Ni+2]. The normalized spacial score (nSPS) is 11.0. The molecule has 4 aromatic rings. The first kappa shape index (κ1) is 37.9. The van der Waals surface area contributed by atoms with Crippen LogP contribution >= 0.6 is 0 Å². The van der Waals surface area contributed by atoms with Crippen LogP contribution in [0.3, 0.4) is 0 Å². The smallest absolute Gasteiger partial charge is 0.857 e. The van der Waals surface area contributed by atoms with Crippen LogP contribution in [0.25, 0.3) is 0 Å². The third-order valence-electron chi connectivity index (χ3n) is 4.92. The first-order chi connectivity index (χ1) is 19.4. The van der Waals surface area contributed by atoms with Crippen LogP contribution in [0, 0.1) is 11.6 Å². The number of methoxy groups -OCH3 is 2. The van der Waals surface area contributed by atoms with Crippen LogP contribution in [0.2, 0.25) is 0 Å². The van der Waals surface area contributed by atoms with E-state index in [1.165, 1.54) is 100.0 Å². The fourth-order valence-corrected chi connectivity index (χ4v) is 2.93. The molecule has 0 unspecified atom stereocenters. The molecule has 4 N–H and O–H groups in total. The van der Waals surface area contributed by atoms with E-state index in [1.54, 1.807) is 12.1 Å². The summed E-state index contributed by atoms with van der Waals surface area (Å²) in [4.78, 5) is 7.59. The van der Waals surface area contributed by atoms with Crippen molar-refractivity contribution >= 4 is 24.2 Å².